The Balaban J connectivity index is 1.63. The third kappa shape index (κ3) is 8.99. The molecule has 3 atom stereocenters. The fourth-order valence-corrected chi connectivity index (χ4v) is 7.20. The molecule has 2 amide bonds. The summed E-state index contributed by atoms with van der Waals surface area (Å²) in [4.78, 5) is 50.2. The zero-order valence-electron chi connectivity index (χ0n) is 24.1. The van der Waals surface area contributed by atoms with Crippen molar-refractivity contribution in [2.24, 2.45) is 16.5 Å². The predicted molar refractivity (Wildman–Crippen MR) is 173 cm³/mol. The first kappa shape index (κ1) is 34.3. The summed E-state index contributed by atoms with van der Waals surface area (Å²) < 4.78 is 0. The Hall–Kier alpha value is -2.60. The number of halogens is 4. The number of hydrogen-bond donors (Lipinski definition) is 3. The average molecular weight is 686 g/mol. The molecule has 238 valence electrons. The van der Waals surface area contributed by atoms with Crippen LogP contribution in [0.15, 0.2) is 41.4 Å². The topological polar surface area (TPSA) is 146 Å². The van der Waals surface area contributed by atoms with Crippen LogP contribution in [0.5, 0.6) is 0 Å². The van der Waals surface area contributed by atoms with Crippen molar-refractivity contribution in [2.45, 2.75) is 69.7 Å². The highest BCUT2D eigenvalue weighted by atomic mass is 35.5. The van der Waals surface area contributed by atoms with Gasteiger partial charge in [0.05, 0.1) is 12.1 Å². The van der Waals surface area contributed by atoms with E-state index in [2.05, 4.69) is 4.99 Å². The third-order valence-electron chi connectivity index (χ3n) is 7.92. The van der Waals surface area contributed by atoms with Gasteiger partial charge in [-0.05, 0) is 99.1 Å². The summed E-state index contributed by atoms with van der Waals surface area (Å²) in [5.41, 5.74) is 12.5. The second kappa shape index (κ2) is 15.6. The molecule has 5 N–H and O–H groups in total. The highest BCUT2D eigenvalue weighted by Gasteiger charge is 2.45. The lowest BCUT2D eigenvalue weighted by Gasteiger charge is -2.36. The number of aliphatic carboxylic acids is 1. The first-order valence-corrected chi connectivity index (χ1v) is 16.0. The van der Waals surface area contributed by atoms with Crippen LogP contribution in [0.25, 0.3) is 0 Å². The number of carbonyl (C=O) groups excluding carboxylic acids is 2. The summed E-state index contributed by atoms with van der Waals surface area (Å²) in [5.74, 6) is -2.46. The van der Waals surface area contributed by atoms with Crippen LogP contribution in [-0.4, -0.2) is 81.3 Å². The molecule has 0 aliphatic carbocycles. The van der Waals surface area contributed by atoms with Gasteiger partial charge in [0.25, 0.3) is 0 Å². The molecule has 2 saturated heterocycles. The third-order valence-corrected chi connectivity index (χ3v) is 8.79. The smallest absolute Gasteiger partial charge is 0.326 e. The summed E-state index contributed by atoms with van der Waals surface area (Å²) in [5, 5.41) is 12.2. The molecule has 2 aliphatic rings. The molecule has 44 heavy (non-hydrogen) atoms. The lowest BCUT2D eigenvalue weighted by molar-refractivity contribution is -0.162. The Morgan fingerprint density at radius 3 is 1.64 bits per heavy atom. The van der Waals surface area contributed by atoms with Crippen LogP contribution in [0.2, 0.25) is 20.1 Å². The molecule has 0 spiro atoms. The minimum absolute atomic E-state index is 0.00314. The lowest BCUT2D eigenvalue weighted by atomic mass is 10.0. The number of carboxylic acid groups (broad SMARTS) is 1. The van der Waals surface area contributed by atoms with Gasteiger partial charge in [-0.25, -0.2) is 4.79 Å². The number of nitrogens with two attached hydrogens (primary N) is 2. The number of rotatable bonds is 12. The average Bonchev–Trinajstić information content (AvgIpc) is 3.58. The van der Waals surface area contributed by atoms with E-state index in [1.807, 2.05) is 9.80 Å². The normalized spacial score (nSPS) is 19.5. The van der Waals surface area contributed by atoms with Gasteiger partial charge in [-0.3, -0.25) is 29.3 Å². The Morgan fingerprint density at radius 2 is 1.25 bits per heavy atom. The van der Waals surface area contributed by atoms with Gasteiger partial charge < -0.3 is 16.6 Å². The number of likely N-dealkylation sites (tertiary alicyclic amines) is 2. The number of aliphatic imine (C=N–C) groups is 1. The van der Waals surface area contributed by atoms with Gasteiger partial charge >= 0.3 is 5.97 Å². The zero-order chi connectivity index (χ0) is 32.0. The van der Waals surface area contributed by atoms with Crippen LogP contribution < -0.4 is 11.5 Å². The number of carboxylic acids is 1. The van der Waals surface area contributed by atoms with Crippen LogP contribution >= 0.6 is 46.4 Å². The number of imide groups is 1. The molecule has 2 heterocycles. The fourth-order valence-electron chi connectivity index (χ4n) is 6.06. The van der Waals surface area contributed by atoms with E-state index >= 15 is 0 Å². The van der Waals surface area contributed by atoms with Crippen molar-refractivity contribution in [3.05, 3.63) is 67.6 Å². The first-order valence-electron chi connectivity index (χ1n) is 14.5. The monoisotopic (exact) mass is 684 g/mol. The molecule has 4 rings (SSSR count). The molecular weight excluding hydrogens is 650 g/mol. The lowest BCUT2D eigenvalue weighted by Crippen LogP contribution is -2.58. The minimum Gasteiger partial charge on any atom is -0.480 e. The Kier molecular flexibility index (Phi) is 12.2. The second-order valence-corrected chi connectivity index (χ2v) is 12.9. The predicted octanol–water partition coefficient (Wildman–Crippen LogP) is 4.79. The van der Waals surface area contributed by atoms with E-state index < -0.39 is 35.9 Å². The van der Waals surface area contributed by atoms with Crippen molar-refractivity contribution >= 4 is 70.1 Å². The van der Waals surface area contributed by atoms with E-state index in [0.29, 0.717) is 72.0 Å². The maximum absolute atomic E-state index is 14.3. The molecule has 10 nitrogen and oxygen atoms in total. The Bertz CT molecular complexity index is 1280. The molecule has 0 saturated carbocycles. The van der Waals surface area contributed by atoms with Gasteiger partial charge in [-0.1, -0.05) is 46.4 Å². The van der Waals surface area contributed by atoms with Gasteiger partial charge in [0.1, 0.15) is 6.04 Å². The standard InChI is InChI=1S/C30H36Cl4N6O4/c31-20-10-18(11-21(32)14-20)16-38-8-2-5-24(38)27(41)40(26(29(43)44)4-1-7-37-30(35)36)28(42)25-6-3-9-39(25)17-19-12-22(33)15-23(34)13-19/h10-15,24-26H,1-9,16-17H2,(H,43,44)(H4,35,36,37)/t24-,25-,26-/m0/s1. The largest absolute Gasteiger partial charge is 0.480 e. The van der Waals surface area contributed by atoms with Crippen LogP contribution in [-0.2, 0) is 27.5 Å². The van der Waals surface area contributed by atoms with Crippen molar-refractivity contribution in [3.8, 4) is 0 Å². The van der Waals surface area contributed by atoms with Crippen LogP contribution in [0, 0.1) is 0 Å². The number of amides is 2. The summed E-state index contributed by atoms with van der Waals surface area (Å²) in [7, 11) is 0. The molecule has 0 aromatic heterocycles. The molecule has 2 aliphatic heterocycles. The number of hydrogen-bond acceptors (Lipinski definition) is 6. The van der Waals surface area contributed by atoms with E-state index in [9.17, 15) is 19.5 Å². The molecule has 2 aromatic carbocycles. The number of benzene rings is 2. The Morgan fingerprint density at radius 1 is 0.818 bits per heavy atom. The minimum atomic E-state index is -1.39. The summed E-state index contributed by atoms with van der Waals surface area (Å²) >= 11 is 24.8. The van der Waals surface area contributed by atoms with E-state index in [-0.39, 0.29) is 25.3 Å². The van der Waals surface area contributed by atoms with Gasteiger partial charge in [-0.15, -0.1) is 0 Å². The van der Waals surface area contributed by atoms with E-state index in [4.69, 9.17) is 57.9 Å². The number of carbonyl (C=O) groups is 3. The molecule has 2 fully saturated rings. The second-order valence-electron chi connectivity index (χ2n) is 11.2. The highest BCUT2D eigenvalue weighted by Crippen LogP contribution is 2.30. The summed E-state index contributed by atoms with van der Waals surface area (Å²) in [6, 6.07) is 7.58. The van der Waals surface area contributed by atoms with Crippen LogP contribution in [0.4, 0.5) is 0 Å². The Labute approximate surface area is 276 Å². The zero-order valence-corrected chi connectivity index (χ0v) is 27.1. The molecular formula is C30H36Cl4N6O4. The maximum Gasteiger partial charge on any atom is 0.326 e. The fraction of sp³-hybridized carbons (Fsp3) is 0.467. The van der Waals surface area contributed by atoms with Crippen molar-refractivity contribution < 1.29 is 19.5 Å². The van der Waals surface area contributed by atoms with Crippen LogP contribution in [0.1, 0.15) is 49.7 Å². The van der Waals surface area contributed by atoms with Crippen LogP contribution in [0.3, 0.4) is 0 Å². The van der Waals surface area contributed by atoms with E-state index in [1.165, 1.54) is 0 Å². The van der Waals surface area contributed by atoms with Gasteiger partial charge in [0.2, 0.25) is 11.8 Å². The van der Waals surface area contributed by atoms with E-state index in [1.54, 1.807) is 36.4 Å². The SMILES string of the molecule is NC(N)=NCCC[C@@H](C(=O)O)N(C(=O)[C@@H]1CCCN1Cc1cc(Cl)cc(Cl)c1)C(=O)[C@@H]1CCCN1Cc1cc(Cl)cc(Cl)c1. The quantitative estimate of drug-likeness (QED) is 0.125. The first-order chi connectivity index (χ1) is 20.9. The van der Waals surface area contributed by atoms with Crippen molar-refractivity contribution in [3.63, 3.8) is 0 Å². The molecule has 2 aromatic rings. The molecule has 14 heteroatoms. The summed E-state index contributed by atoms with van der Waals surface area (Å²) in [6.07, 6.45) is 2.63. The molecule has 0 radical (unpaired) electrons. The highest BCUT2D eigenvalue weighted by molar-refractivity contribution is 6.35. The van der Waals surface area contributed by atoms with Gasteiger partial charge in [0.15, 0.2) is 5.96 Å². The van der Waals surface area contributed by atoms with E-state index in [0.717, 1.165) is 16.0 Å². The molecule has 0 bridgehead atoms. The maximum atomic E-state index is 14.3. The number of nitrogens with zero attached hydrogens (tertiary/aromatic N) is 4. The van der Waals surface area contributed by atoms with Crippen molar-refractivity contribution in [1.82, 2.24) is 14.7 Å². The van der Waals surface area contributed by atoms with Gasteiger partial charge in [-0.2, -0.15) is 0 Å². The molecule has 0 unspecified atom stereocenters. The summed E-state index contributed by atoms with van der Waals surface area (Å²) in [6.45, 7) is 2.09. The van der Waals surface area contributed by atoms with Gasteiger partial charge in [0, 0.05) is 39.7 Å². The number of guanidine groups is 1. The van der Waals surface area contributed by atoms with Crippen molar-refractivity contribution in [1.29, 1.82) is 0 Å². The van der Waals surface area contributed by atoms with Crippen molar-refractivity contribution in [2.75, 3.05) is 19.6 Å².